The van der Waals surface area contributed by atoms with Crippen LogP contribution in [0.3, 0.4) is 0 Å². The molecule has 0 aromatic carbocycles. The van der Waals surface area contributed by atoms with E-state index in [1.807, 2.05) is 6.92 Å². The molecule has 14 heavy (non-hydrogen) atoms. The number of nitrogens with one attached hydrogen (secondary N) is 1. The van der Waals surface area contributed by atoms with E-state index in [2.05, 4.69) is 11.4 Å². The Bertz CT molecular complexity index is 206. The van der Waals surface area contributed by atoms with E-state index in [1.165, 1.54) is 25.7 Å². The summed E-state index contributed by atoms with van der Waals surface area (Å²) in [6, 6.07) is 2.88. The highest BCUT2D eigenvalue weighted by molar-refractivity contribution is 5.08. The second kappa shape index (κ2) is 5.33. The Kier molecular flexibility index (Phi) is 4.37. The Balaban J connectivity index is 2.53. The number of nitriles is 1. The van der Waals surface area contributed by atoms with Gasteiger partial charge in [-0.05, 0) is 19.3 Å². The molecule has 3 nitrogen and oxygen atoms in total. The van der Waals surface area contributed by atoms with Gasteiger partial charge < -0.3 is 4.74 Å². The highest BCUT2D eigenvalue weighted by Crippen LogP contribution is 2.21. The highest BCUT2D eigenvalue weighted by atomic mass is 16.5. The van der Waals surface area contributed by atoms with Crippen molar-refractivity contribution in [3.63, 3.8) is 0 Å². The lowest BCUT2D eigenvalue weighted by Gasteiger charge is -2.29. The molecule has 0 aromatic rings. The molecule has 3 heteroatoms. The maximum Gasteiger partial charge on any atom is 0.130 e. The van der Waals surface area contributed by atoms with Gasteiger partial charge in [0.05, 0.1) is 12.7 Å². The van der Waals surface area contributed by atoms with Crippen molar-refractivity contribution in [3.05, 3.63) is 0 Å². The van der Waals surface area contributed by atoms with E-state index in [9.17, 15) is 5.26 Å². The smallest absolute Gasteiger partial charge is 0.130 e. The number of hydrogen-bond donors (Lipinski definition) is 1. The predicted octanol–water partition coefficient (Wildman–Crippen LogP) is 1.84. The predicted molar refractivity (Wildman–Crippen MR) is 55.9 cm³/mol. The van der Waals surface area contributed by atoms with Crippen molar-refractivity contribution in [3.8, 4) is 6.07 Å². The Labute approximate surface area is 86.4 Å². The zero-order chi connectivity index (χ0) is 10.4. The molecule has 1 saturated carbocycles. The first-order chi connectivity index (χ1) is 6.76. The van der Waals surface area contributed by atoms with E-state index in [4.69, 9.17) is 4.74 Å². The van der Waals surface area contributed by atoms with Crippen molar-refractivity contribution in [1.29, 1.82) is 5.26 Å². The number of ether oxygens (including phenoxy) is 1. The van der Waals surface area contributed by atoms with Gasteiger partial charge in [0.1, 0.15) is 5.54 Å². The lowest BCUT2D eigenvalue weighted by molar-refractivity contribution is 0.127. The van der Waals surface area contributed by atoms with Crippen molar-refractivity contribution < 1.29 is 4.74 Å². The molecule has 0 saturated heterocycles. The van der Waals surface area contributed by atoms with Crippen LogP contribution in [0.5, 0.6) is 0 Å². The van der Waals surface area contributed by atoms with E-state index < -0.39 is 5.54 Å². The van der Waals surface area contributed by atoms with Crippen LogP contribution >= 0.6 is 0 Å². The summed E-state index contributed by atoms with van der Waals surface area (Å²) < 4.78 is 5.11. The lowest BCUT2D eigenvalue weighted by Crippen LogP contribution is -2.51. The molecular weight excluding hydrogens is 176 g/mol. The van der Waals surface area contributed by atoms with Gasteiger partial charge in [-0.25, -0.2) is 0 Å². The van der Waals surface area contributed by atoms with Crippen LogP contribution in [-0.2, 0) is 4.74 Å². The number of nitrogens with zero attached hydrogens (tertiary/aromatic N) is 1. The van der Waals surface area contributed by atoms with Gasteiger partial charge in [0, 0.05) is 13.2 Å². The molecule has 0 amide bonds. The van der Waals surface area contributed by atoms with Crippen molar-refractivity contribution >= 4 is 0 Å². The average molecular weight is 196 g/mol. The molecule has 0 radical (unpaired) electrons. The molecule has 0 bridgehead atoms. The minimum atomic E-state index is -0.468. The van der Waals surface area contributed by atoms with Gasteiger partial charge in [-0.2, -0.15) is 5.26 Å². The molecule has 80 valence electrons. The topological polar surface area (TPSA) is 45.0 Å². The molecule has 1 aliphatic rings. The van der Waals surface area contributed by atoms with Gasteiger partial charge in [0.2, 0.25) is 0 Å². The SMILES string of the molecule is CCC(C#N)(COC)NC1CCCC1. The fourth-order valence-corrected chi connectivity index (χ4v) is 2.10. The summed E-state index contributed by atoms with van der Waals surface area (Å²) in [7, 11) is 1.65. The van der Waals surface area contributed by atoms with Crippen LogP contribution in [0.4, 0.5) is 0 Å². The maximum atomic E-state index is 9.18. The van der Waals surface area contributed by atoms with E-state index in [-0.39, 0.29) is 0 Å². The zero-order valence-corrected chi connectivity index (χ0v) is 9.18. The fraction of sp³-hybridized carbons (Fsp3) is 0.909. The number of methoxy groups -OCH3 is 1. The van der Waals surface area contributed by atoms with Crippen LogP contribution in [0.2, 0.25) is 0 Å². The van der Waals surface area contributed by atoms with Gasteiger partial charge in [-0.15, -0.1) is 0 Å². The summed E-state index contributed by atoms with van der Waals surface area (Å²) in [6.07, 6.45) is 5.78. The van der Waals surface area contributed by atoms with Gasteiger partial charge >= 0.3 is 0 Å². The summed E-state index contributed by atoms with van der Waals surface area (Å²) in [5.74, 6) is 0. The van der Waals surface area contributed by atoms with Crippen molar-refractivity contribution in [2.24, 2.45) is 0 Å². The van der Waals surface area contributed by atoms with Crippen LogP contribution < -0.4 is 5.32 Å². The number of rotatable bonds is 5. The van der Waals surface area contributed by atoms with Crippen molar-refractivity contribution in [2.45, 2.75) is 50.6 Å². The third kappa shape index (κ3) is 2.70. The molecule has 1 rings (SSSR count). The average Bonchev–Trinajstić information content (AvgIpc) is 2.69. The normalized spacial score (nSPS) is 21.8. The molecule has 0 spiro atoms. The van der Waals surface area contributed by atoms with Gasteiger partial charge in [0.25, 0.3) is 0 Å². The molecular formula is C11H20N2O. The van der Waals surface area contributed by atoms with Crippen LogP contribution in [-0.4, -0.2) is 25.3 Å². The van der Waals surface area contributed by atoms with Crippen LogP contribution in [0.1, 0.15) is 39.0 Å². The molecule has 1 unspecified atom stereocenters. The zero-order valence-electron chi connectivity index (χ0n) is 9.18. The minimum Gasteiger partial charge on any atom is -0.382 e. The first-order valence-electron chi connectivity index (χ1n) is 5.44. The van der Waals surface area contributed by atoms with Gasteiger partial charge in [-0.1, -0.05) is 19.8 Å². The second-order valence-corrected chi connectivity index (χ2v) is 4.11. The Morgan fingerprint density at radius 1 is 1.50 bits per heavy atom. The van der Waals surface area contributed by atoms with Crippen LogP contribution in [0.15, 0.2) is 0 Å². The molecule has 0 heterocycles. The second-order valence-electron chi connectivity index (χ2n) is 4.11. The fourth-order valence-electron chi connectivity index (χ4n) is 2.10. The molecule has 0 aromatic heterocycles. The molecule has 1 N–H and O–H groups in total. The summed E-state index contributed by atoms with van der Waals surface area (Å²) in [6.45, 7) is 2.51. The largest absolute Gasteiger partial charge is 0.382 e. The van der Waals surface area contributed by atoms with E-state index in [0.29, 0.717) is 12.6 Å². The van der Waals surface area contributed by atoms with Crippen LogP contribution in [0.25, 0.3) is 0 Å². The van der Waals surface area contributed by atoms with E-state index in [0.717, 1.165) is 6.42 Å². The summed E-state index contributed by atoms with van der Waals surface area (Å²) in [4.78, 5) is 0. The third-order valence-electron chi connectivity index (χ3n) is 3.04. The molecule has 1 atom stereocenters. The van der Waals surface area contributed by atoms with Crippen molar-refractivity contribution in [2.75, 3.05) is 13.7 Å². The first-order valence-corrected chi connectivity index (χ1v) is 5.44. The minimum absolute atomic E-state index is 0.468. The quantitative estimate of drug-likeness (QED) is 0.729. The standard InChI is InChI=1S/C11H20N2O/c1-3-11(8-12,9-14-2)13-10-6-4-5-7-10/h10,13H,3-7,9H2,1-2H3. The Morgan fingerprint density at radius 2 is 2.14 bits per heavy atom. The van der Waals surface area contributed by atoms with Crippen molar-refractivity contribution in [1.82, 2.24) is 5.32 Å². The lowest BCUT2D eigenvalue weighted by atomic mass is 9.97. The summed E-state index contributed by atoms with van der Waals surface area (Å²) >= 11 is 0. The highest BCUT2D eigenvalue weighted by Gasteiger charge is 2.31. The molecule has 0 aliphatic heterocycles. The summed E-state index contributed by atoms with van der Waals surface area (Å²) in [5, 5.41) is 12.6. The monoisotopic (exact) mass is 196 g/mol. The van der Waals surface area contributed by atoms with Crippen LogP contribution in [0, 0.1) is 11.3 Å². The Morgan fingerprint density at radius 3 is 2.57 bits per heavy atom. The number of hydrogen-bond acceptors (Lipinski definition) is 3. The maximum absolute atomic E-state index is 9.18. The van der Waals surface area contributed by atoms with E-state index >= 15 is 0 Å². The third-order valence-corrected chi connectivity index (χ3v) is 3.04. The molecule has 1 aliphatic carbocycles. The first kappa shape index (κ1) is 11.5. The van der Waals surface area contributed by atoms with E-state index in [1.54, 1.807) is 7.11 Å². The van der Waals surface area contributed by atoms with Gasteiger partial charge in [-0.3, -0.25) is 5.32 Å². The van der Waals surface area contributed by atoms with Gasteiger partial charge in [0.15, 0.2) is 0 Å². The molecule has 1 fully saturated rings. The Hall–Kier alpha value is -0.590. The summed E-state index contributed by atoms with van der Waals surface area (Å²) in [5.41, 5.74) is -0.468.